The predicted molar refractivity (Wildman–Crippen MR) is 73.8 cm³/mol. The van der Waals surface area contributed by atoms with Crippen molar-refractivity contribution in [3.63, 3.8) is 0 Å². The van der Waals surface area contributed by atoms with Crippen LogP contribution in [0, 0.1) is 41.1 Å². The third-order valence-corrected chi connectivity index (χ3v) is 2.93. The first-order valence-corrected chi connectivity index (χ1v) is 6.06. The van der Waals surface area contributed by atoms with Crippen molar-refractivity contribution < 1.29 is 14.1 Å². The number of nitro benzene ring substituents is 1. The Bertz CT molecular complexity index is 743. The zero-order chi connectivity index (χ0) is 15.6. The summed E-state index contributed by atoms with van der Waals surface area (Å²) in [5.41, 5.74) is 1.04. The molecule has 0 amide bonds. The fourth-order valence-corrected chi connectivity index (χ4v) is 2.04. The Morgan fingerprint density at radius 2 is 1.90 bits per heavy atom. The van der Waals surface area contributed by atoms with Gasteiger partial charge >= 0.3 is 5.69 Å². The van der Waals surface area contributed by atoms with E-state index in [0.29, 0.717) is 22.4 Å². The van der Waals surface area contributed by atoms with E-state index in [1.165, 1.54) is 12.1 Å². The van der Waals surface area contributed by atoms with Crippen LogP contribution in [0.4, 0.5) is 10.1 Å². The SMILES string of the molecule is Cc1cc(C#N)cc(C)c1Oc1cccc(F)c1[N+](=O)[O-]. The molecule has 0 aliphatic carbocycles. The third kappa shape index (κ3) is 2.82. The Hall–Kier alpha value is -2.94. The van der Waals surface area contributed by atoms with Gasteiger partial charge < -0.3 is 4.74 Å². The van der Waals surface area contributed by atoms with Crippen LogP contribution < -0.4 is 4.74 Å². The van der Waals surface area contributed by atoms with Crippen LogP contribution in [0.3, 0.4) is 0 Å². The van der Waals surface area contributed by atoms with E-state index >= 15 is 0 Å². The van der Waals surface area contributed by atoms with Gasteiger partial charge in [-0.2, -0.15) is 9.65 Å². The molecule has 0 unspecified atom stereocenters. The average molecular weight is 286 g/mol. The Kier molecular flexibility index (Phi) is 3.85. The van der Waals surface area contributed by atoms with Gasteiger partial charge in [0.1, 0.15) is 5.75 Å². The van der Waals surface area contributed by atoms with Crippen LogP contribution in [0.1, 0.15) is 16.7 Å². The molecule has 0 aliphatic rings. The Morgan fingerprint density at radius 1 is 1.29 bits per heavy atom. The summed E-state index contributed by atoms with van der Waals surface area (Å²) >= 11 is 0. The minimum Gasteiger partial charge on any atom is -0.449 e. The van der Waals surface area contributed by atoms with E-state index in [1.54, 1.807) is 26.0 Å². The maximum atomic E-state index is 13.6. The molecule has 0 fully saturated rings. The molecule has 21 heavy (non-hydrogen) atoms. The lowest BCUT2D eigenvalue weighted by Crippen LogP contribution is -1.99. The molecule has 0 aliphatic heterocycles. The molecule has 0 saturated carbocycles. The summed E-state index contributed by atoms with van der Waals surface area (Å²) in [4.78, 5) is 10.1. The van der Waals surface area contributed by atoms with Crippen LogP contribution in [-0.2, 0) is 0 Å². The topological polar surface area (TPSA) is 76.2 Å². The van der Waals surface area contributed by atoms with Crippen molar-refractivity contribution in [1.29, 1.82) is 5.26 Å². The molecule has 0 radical (unpaired) electrons. The van der Waals surface area contributed by atoms with Gasteiger partial charge in [-0.05, 0) is 49.2 Å². The third-order valence-electron chi connectivity index (χ3n) is 2.93. The molecule has 0 bridgehead atoms. The van der Waals surface area contributed by atoms with Crippen molar-refractivity contribution in [2.45, 2.75) is 13.8 Å². The fourth-order valence-electron chi connectivity index (χ4n) is 2.04. The molecule has 0 saturated heterocycles. The lowest BCUT2D eigenvalue weighted by atomic mass is 10.1. The number of ether oxygens (including phenoxy) is 1. The number of nitriles is 1. The first-order chi connectivity index (χ1) is 9.93. The Balaban J connectivity index is 2.52. The zero-order valence-electron chi connectivity index (χ0n) is 11.4. The molecule has 6 heteroatoms. The molecule has 0 aromatic heterocycles. The van der Waals surface area contributed by atoms with Crippen LogP contribution in [0.2, 0.25) is 0 Å². The summed E-state index contributed by atoms with van der Waals surface area (Å²) in [5.74, 6) is -0.750. The van der Waals surface area contributed by atoms with Gasteiger partial charge in [0.15, 0.2) is 0 Å². The van der Waals surface area contributed by atoms with E-state index in [0.717, 1.165) is 6.07 Å². The van der Waals surface area contributed by atoms with Crippen LogP contribution in [0.15, 0.2) is 30.3 Å². The number of nitro groups is 1. The van der Waals surface area contributed by atoms with Crippen molar-refractivity contribution in [2.75, 3.05) is 0 Å². The summed E-state index contributed by atoms with van der Waals surface area (Å²) in [6.45, 7) is 3.43. The van der Waals surface area contributed by atoms with E-state index in [-0.39, 0.29) is 5.75 Å². The number of hydrogen-bond acceptors (Lipinski definition) is 4. The van der Waals surface area contributed by atoms with Gasteiger partial charge in [0.05, 0.1) is 16.6 Å². The second-order valence-corrected chi connectivity index (χ2v) is 4.50. The second kappa shape index (κ2) is 5.59. The maximum Gasteiger partial charge on any atom is 0.346 e. The van der Waals surface area contributed by atoms with Crippen molar-refractivity contribution in [3.05, 3.63) is 63.0 Å². The molecule has 0 atom stereocenters. The number of rotatable bonds is 3. The number of benzene rings is 2. The minimum atomic E-state index is -0.957. The highest BCUT2D eigenvalue weighted by Gasteiger charge is 2.22. The monoisotopic (exact) mass is 286 g/mol. The van der Waals surface area contributed by atoms with E-state index in [1.807, 2.05) is 6.07 Å². The highest BCUT2D eigenvalue weighted by Crippen LogP contribution is 2.36. The lowest BCUT2D eigenvalue weighted by Gasteiger charge is -2.12. The van der Waals surface area contributed by atoms with Gasteiger partial charge in [0, 0.05) is 0 Å². The number of hydrogen-bond donors (Lipinski definition) is 0. The summed E-state index contributed by atoms with van der Waals surface area (Å²) in [7, 11) is 0. The smallest absolute Gasteiger partial charge is 0.346 e. The number of aryl methyl sites for hydroxylation is 2. The largest absolute Gasteiger partial charge is 0.449 e. The molecule has 2 aromatic carbocycles. The van der Waals surface area contributed by atoms with Crippen molar-refractivity contribution >= 4 is 5.69 Å². The van der Waals surface area contributed by atoms with Gasteiger partial charge in [-0.3, -0.25) is 10.1 Å². The van der Waals surface area contributed by atoms with E-state index in [2.05, 4.69) is 0 Å². The molecular weight excluding hydrogens is 275 g/mol. The lowest BCUT2D eigenvalue weighted by molar-refractivity contribution is -0.388. The van der Waals surface area contributed by atoms with Gasteiger partial charge in [-0.25, -0.2) is 0 Å². The average Bonchev–Trinajstić information content (AvgIpc) is 2.42. The highest BCUT2D eigenvalue weighted by molar-refractivity contribution is 5.53. The van der Waals surface area contributed by atoms with Gasteiger partial charge in [0.2, 0.25) is 11.6 Å². The molecule has 2 aromatic rings. The molecule has 0 spiro atoms. The summed E-state index contributed by atoms with van der Waals surface area (Å²) in [5, 5.41) is 19.8. The molecule has 0 N–H and O–H groups in total. The van der Waals surface area contributed by atoms with Crippen molar-refractivity contribution in [2.24, 2.45) is 0 Å². The van der Waals surface area contributed by atoms with E-state index < -0.39 is 16.4 Å². The fraction of sp³-hybridized carbons (Fsp3) is 0.133. The Morgan fingerprint density at radius 3 is 2.43 bits per heavy atom. The van der Waals surface area contributed by atoms with Crippen molar-refractivity contribution in [3.8, 4) is 17.6 Å². The Labute approximate surface area is 120 Å². The standard InChI is InChI=1S/C15H11FN2O3/c1-9-6-11(8-17)7-10(2)15(9)21-13-5-3-4-12(16)14(13)18(19)20/h3-7H,1-2H3. The number of para-hydroxylation sites is 1. The van der Waals surface area contributed by atoms with Crippen LogP contribution in [0.25, 0.3) is 0 Å². The van der Waals surface area contributed by atoms with Gasteiger partial charge in [0.25, 0.3) is 0 Å². The highest BCUT2D eigenvalue weighted by atomic mass is 19.1. The van der Waals surface area contributed by atoms with Crippen LogP contribution >= 0.6 is 0 Å². The molecule has 2 rings (SSSR count). The maximum absolute atomic E-state index is 13.6. The molecule has 106 valence electrons. The normalized spacial score (nSPS) is 10.0. The summed E-state index contributed by atoms with van der Waals surface area (Å²) in [6.07, 6.45) is 0. The van der Waals surface area contributed by atoms with Gasteiger partial charge in [-0.1, -0.05) is 6.07 Å². The molecule has 5 nitrogen and oxygen atoms in total. The second-order valence-electron chi connectivity index (χ2n) is 4.50. The van der Waals surface area contributed by atoms with Crippen LogP contribution in [-0.4, -0.2) is 4.92 Å². The minimum absolute atomic E-state index is 0.170. The first kappa shape index (κ1) is 14.5. The van der Waals surface area contributed by atoms with E-state index in [9.17, 15) is 14.5 Å². The quantitative estimate of drug-likeness (QED) is 0.630. The van der Waals surface area contributed by atoms with Crippen molar-refractivity contribution in [1.82, 2.24) is 0 Å². The van der Waals surface area contributed by atoms with Crippen LogP contribution in [0.5, 0.6) is 11.5 Å². The summed E-state index contributed by atoms with van der Waals surface area (Å²) < 4.78 is 19.1. The summed E-state index contributed by atoms with van der Waals surface area (Å²) in [6, 6.07) is 8.90. The van der Waals surface area contributed by atoms with E-state index in [4.69, 9.17) is 10.00 Å². The molecule has 0 heterocycles. The number of halogens is 1. The first-order valence-electron chi connectivity index (χ1n) is 6.06. The van der Waals surface area contributed by atoms with Gasteiger partial charge in [-0.15, -0.1) is 0 Å². The molecular formula is C15H11FN2O3. The number of nitrogens with zero attached hydrogens (tertiary/aromatic N) is 2. The zero-order valence-corrected chi connectivity index (χ0v) is 11.4. The predicted octanol–water partition coefficient (Wildman–Crippen LogP) is 4.01.